The molecule has 1 aromatic heterocycles. The van der Waals surface area contributed by atoms with Crippen molar-refractivity contribution in [2.45, 2.75) is 13.3 Å². The van der Waals surface area contributed by atoms with E-state index in [-0.39, 0.29) is 12.4 Å². The number of methoxy groups -OCH3 is 1. The number of aromatic nitrogens is 2. The van der Waals surface area contributed by atoms with Crippen molar-refractivity contribution in [3.05, 3.63) is 10.8 Å². The Hall–Kier alpha value is -0.970. The molecule has 0 spiro atoms. The van der Waals surface area contributed by atoms with Crippen LogP contribution in [-0.2, 0) is 16.0 Å². The molecule has 0 bridgehead atoms. The number of carbonyl (C=O) groups excluding carboxylic acids is 1. The molecule has 0 aliphatic heterocycles. The number of nitrogens with zero attached hydrogens (tertiary/aromatic N) is 2. The molecular formula is C6H8N2O2S. The van der Waals surface area contributed by atoms with Gasteiger partial charge in [-0.3, -0.25) is 4.79 Å². The Balaban J connectivity index is 2.57. The molecular weight excluding hydrogens is 164 g/mol. The molecule has 0 aromatic carbocycles. The van der Waals surface area contributed by atoms with Gasteiger partial charge in [-0.25, -0.2) is 4.98 Å². The van der Waals surface area contributed by atoms with Crippen LogP contribution < -0.4 is 0 Å². The summed E-state index contributed by atoms with van der Waals surface area (Å²) >= 11 is 1.29. The molecule has 0 N–H and O–H groups in total. The Morgan fingerprint density at radius 1 is 1.73 bits per heavy atom. The predicted octanol–water partition coefficient (Wildman–Crippen LogP) is 0.562. The molecule has 0 aliphatic rings. The van der Waals surface area contributed by atoms with Crippen molar-refractivity contribution in [1.82, 2.24) is 9.36 Å². The Morgan fingerprint density at radius 3 is 2.91 bits per heavy atom. The molecule has 0 radical (unpaired) electrons. The van der Waals surface area contributed by atoms with Crippen LogP contribution >= 0.6 is 11.5 Å². The summed E-state index contributed by atoms with van der Waals surface area (Å²) in [5.41, 5.74) is 0. The second-order valence-corrected chi connectivity index (χ2v) is 2.94. The highest BCUT2D eigenvalue weighted by molar-refractivity contribution is 7.05. The van der Waals surface area contributed by atoms with E-state index in [0.29, 0.717) is 5.82 Å². The molecule has 11 heavy (non-hydrogen) atoms. The Kier molecular flexibility index (Phi) is 2.53. The average Bonchev–Trinajstić information content (AvgIpc) is 2.35. The average molecular weight is 172 g/mol. The molecule has 60 valence electrons. The highest BCUT2D eigenvalue weighted by Gasteiger charge is 2.06. The van der Waals surface area contributed by atoms with Crippen LogP contribution in [-0.4, -0.2) is 22.4 Å². The van der Waals surface area contributed by atoms with Gasteiger partial charge in [-0.05, 0) is 18.5 Å². The van der Waals surface area contributed by atoms with E-state index in [4.69, 9.17) is 0 Å². The van der Waals surface area contributed by atoms with Gasteiger partial charge in [-0.15, -0.1) is 0 Å². The summed E-state index contributed by atoms with van der Waals surface area (Å²) in [6.07, 6.45) is 0.167. The van der Waals surface area contributed by atoms with Crippen molar-refractivity contribution in [1.29, 1.82) is 0 Å². The van der Waals surface area contributed by atoms with Crippen LogP contribution in [0.5, 0.6) is 0 Å². The number of esters is 1. The van der Waals surface area contributed by atoms with E-state index < -0.39 is 0 Å². The van der Waals surface area contributed by atoms with Crippen LogP contribution in [0.25, 0.3) is 0 Å². The van der Waals surface area contributed by atoms with Crippen molar-refractivity contribution in [3.63, 3.8) is 0 Å². The van der Waals surface area contributed by atoms with Crippen LogP contribution in [0.15, 0.2) is 0 Å². The summed E-state index contributed by atoms with van der Waals surface area (Å²) in [5, 5.41) is 0.865. The minimum atomic E-state index is -0.303. The zero-order valence-corrected chi connectivity index (χ0v) is 7.14. The maximum Gasteiger partial charge on any atom is 0.313 e. The number of rotatable bonds is 2. The second-order valence-electron chi connectivity index (χ2n) is 1.98. The first kappa shape index (κ1) is 8.13. The summed E-state index contributed by atoms with van der Waals surface area (Å²) in [6, 6.07) is 0. The molecule has 1 aromatic rings. The third-order valence-corrected chi connectivity index (χ3v) is 1.76. The van der Waals surface area contributed by atoms with E-state index in [1.165, 1.54) is 18.6 Å². The summed E-state index contributed by atoms with van der Waals surface area (Å²) in [6.45, 7) is 1.85. The van der Waals surface area contributed by atoms with Gasteiger partial charge in [0, 0.05) is 0 Å². The molecule has 0 fully saturated rings. The van der Waals surface area contributed by atoms with Crippen LogP contribution in [0, 0.1) is 6.92 Å². The summed E-state index contributed by atoms with van der Waals surface area (Å²) < 4.78 is 8.38. The van der Waals surface area contributed by atoms with E-state index in [0.717, 1.165) is 5.01 Å². The summed E-state index contributed by atoms with van der Waals surface area (Å²) in [4.78, 5) is 14.7. The lowest BCUT2D eigenvalue weighted by atomic mass is 10.4. The molecule has 1 rings (SSSR count). The maximum absolute atomic E-state index is 10.7. The Morgan fingerprint density at radius 2 is 2.45 bits per heavy atom. The first-order valence-corrected chi connectivity index (χ1v) is 3.85. The molecule has 4 nitrogen and oxygen atoms in total. The largest absolute Gasteiger partial charge is 0.469 e. The topological polar surface area (TPSA) is 52.1 Å². The fourth-order valence-electron chi connectivity index (χ4n) is 0.614. The van der Waals surface area contributed by atoms with E-state index in [2.05, 4.69) is 14.1 Å². The smallest absolute Gasteiger partial charge is 0.313 e. The molecule has 1 heterocycles. The van der Waals surface area contributed by atoms with E-state index >= 15 is 0 Å². The normalized spacial score (nSPS) is 9.64. The quantitative estimate of drug-likeness (QED) is 0.612. The van der Waals surface area contributed by atoms with Gasteiger partial charge in [0.25, 0.3) is 0 Å². The van der Waals surface area contributed by atoms with Gasteiger partial charge in [-0.2, -0.15) is 4.37 Å². The van der Waals surface area contributed by atoms with Crippen LogP contribution in [0.1, 0.15) is 10.8 Å². The Labute approximate surface area is 68.4 Å². The SMILES string of the molecule is COC(=O)Cc1nsc(C)n1. The van der Waals surface area contributed by atoms with Crippen LogP contribution in [0.4, 0.5) is 0 Å². The number of hydrogen-bond donors (Lipinski definition) is 0. The molecule has 0 aliphatic carbocycles. The van der Waals surface area contributed by atoms with Crippen LogP contribution in [0.2, 0.25) is 0 Å². The lowest BCUT2D eigenvalue weighted by molar-refractivity contribution is -0.139. The van der Waals surface area contributed by atoms with Crippen LogP contribution in [0.3, 0.4) is 0 Å². The monoisotopic (exact) mass is 172 g/mol. The van der Waals surface area contributed by atoms with E-state index in [1.807, 2.05) is 6.92 Å². The lowest BCUT2D eigenvalue weighted by Gasteiger charge is -1.91. The Bertz CT molecular complexity index is 259. The van der Waals surface area contributed by atoms with E-state index in [9.17, 15) is 4.79 Å². The zero-order valence-electron chi connectivity index (χ0n) is 6.33. The predicted molar refractivity (Wildman–Crippen MR) is 40.4 cm³/mol. The number of aryl methyl sites for hydroxylation is 1. The second kappa shape index (κ2) is 3.43. The van der Waals surface area contributed by atoms with Crippen molar-refractivity contribution >= 4 is 17.5 Å². The van der Waals surface area contributed by atoms with Gasteiger partial charge in [0.15, 0.2) is 5.82 Å². The van der Waals surface area contributed by atoms with Crippen molar-refractivity contribution in [3.8, 4) is 0 Å². The summed E-state index contributed by atoms with van der Waals surface area (Å²) in [7, 11) is 1.35. The minimum Gasteiger partial charge on any atom is -0.469 e. The van der Waals surface area contributed by atoms with Gasteiger partial charge >= 0.3 is 5.97 Å². The molecule has 5 heteroatoms. The molecule has 0 amide bonds. The van der Waals surface area contributed by atoms with Crippen molar-refractivity contribution in [2.24, 2.45) is 0 Å². The van der Waals surface area contributed by atoms with Crippen molar-refractivity contribution < 1.29 is 9.53 Å². The molecule has 0 atom stereocenters. The highest BCUT2D eigenvalue weighted by Crippen LogP contribution is 2.02. The fourth-order valence-corrected chi connectivity index (χ4v) is 1.10. The summed E-state index contributed by atoms with van der Waals surface area (Å²) in [5.74, 6) is 0.238. The fraction of sp³-hybridized carbons (Fsp3) is 0.500. The van der Waals surface area contributed by atoms with Gasteiger partial charge < -0.3 is 4.74 Å². The first-order valence-electron chi connectivity index (χ1n) is 3.08. The number of carbonyl (C=O) groups is 1. The lowest BCUT2D eigenvalue weighted by Crippen LogP contribution is -2.05. The third kappa shape index (κ3) is 2.27. The first-order chi connectivity index (χ1) is 5.22. The standard InChI is InChI=1S/C6H8N2O2S/c1-4-7-5(8-11-4)3-6(9)10-2/h3H2,1-2H3. The van der Waals surface area contributed by atoms with Gasteiger partial charge in [0.2, 0.25) is 0 Å². The number of ether oxygens (including phenoxy) is 1. The van der Waals surface area contributed by atoms with Gasteiger partial charge in [0.05, 0.1) is 7.11 Å². The van der Waals surface area contributed by atoms with Gasteiger partial charge in [0.1, 0.15) is 11.4 Å². The van der Waals surface area contributed by atoms with Gasteiger partial charge in [-0.1, -0.05) is 0 Å². The molecule has 0 saturated carbocycles. The van der Waals surface area contributed by atoms with E-state index in [1.54, 1.807) is 0 Å². The maximum atomic E-state index is 10.7. The highest BCUT2D eigenvalue weighted by atomic mass is 32.1. The third-order valence-electron chi connectivity index (χ3n) is 1.10. The van der Waals surface area contributed by atoms with Crippen molar-refractivity contribution in [2.75, 3.05) is 7.11 Å². The molecule has 0 unspecified atom stereocenters. The zero-order chi connectivity index (χ0) is 8.27. The minimum absolute atomic E-state index is 0.167. The molecule has 0 saturated heterocycles. The number of hydrogen-bond acceptors (Lipinski definition) is 5.